The van der Waals surface area contributed by atoms with E-state index in [1.807, 2.05) is 45.3 Å². The highest BCUT2D eigenvalue weighted by Crippen LogP contribution is 2.26. The zero-order chi connectivity index (χ0) is 19.9. The molecule has 1 aliphatic heterocycles. The molecule has 0 unspecified atom stereocenters. The van der Waals surface area contributed by atoms with E-state index in [2.05, 4.69) is 39.4 Å². The third-order valence-electron chi connectivity index (χ3n) is 5.26. The van der Waals surface area contributed by atoms with Crippen LogP contribution in [-0.2, 0) is 0 Å². The zero-order valence-electron chi connectivity index (χ0n) is 17.1. The number of rotatable bonds is 8. The molecule has 1 fully saturated rings. The summed E-state index contributed by atoms with van der Waals surface area (Å²) in [6.45, 7) is 5.20. The van der Waals surface area contributed by atoms with Crippen molar-refractivity contribution in [1.29, 1.82) is 0 Å². The number of amides is 1. The third-order valence-corrected chi connectivity index (χ3v) is 5.26. The lowest BCUT2D eigenvalue weighted by atomic mass is 10.0. The number of benzene rings is 2. The lowest BCUT2D eigenvalue weighted by Crippen LogP contribution is -2.37. The van der Waals surface area contributed by atoms with Gasteiger partial charge in [-0.05, 0) is 62.7 Å². The average Bonchev–Trinajstić information content (AvgIpc) is 3.23. The molecule has 28 heavy (non-hydrogen) atoms. The van der Waals surface area contributed by atoms with Gasteiger partial charge in [-0.15, -0.1) is 0 Å². The molecule has 0 bridgehead atoms. The van der Waals surface area contributed by atoms with E-state index in [0.717, 1.165) is 13.1 Å². The van der Waals surface area contributed by atoms with Crippen LogP contribution in [0.1, 0.15) is 41.7 Å². The van der Waals surface area contributed by atoms with Gasteiger partial charge in [-0.1, -0.05) is 24.3 Å². The predicted molar refractivity (Wildman–Crippen MR) is 114 cm³/mol. The van der Waals surface area contributed by atoms with Crippen molar-refractivity contribution in [3.63, 3.8) is 0 Å². The van der Waals surface area contributed by atoms with Gasteiger partial charge in [0, 0.05) is 26.3 Å². The molecule has 0 aromatic heterocycles. The summed E-state index contributed by atoms with van der Waals surface area (Å²) in [5, 5.41) is 3.14. The number of para-hydroxylation sites is 1. The highest BCUT2D eigenvalue weighted by atomic mass is 16.5. The SMILES string of the molecule is CCOc1ccccc1C(=O)NC[C@@H](c1ccc(N(C)C)cc1)N1CCCC1. The molecule has 1 saturated heterocycles. The number of likely N-dealkylation sites (tertiary alicyclic amines) is 1. The molecule has 0 saturated carbocycles. The summed E-state index contributed by atoms with van der Waals surface area (Å²) in [6, 6.07) is 16.2. The molecule has 1 heterocycles. The van der Waals surface area contributed by atoms with Crippen molar-refractivity contribution in [2.24, 2.45) is 0 Å². The minimum Gasteiger partial charge on any atom is -0.493 e. The van der Waals surface area contributed by atoms with Gasteiger partial charge in [0.05, 0.1) is 18.2 Å². The summed E-state index contributed by atoms with van der Waals surface area (Å²) in [6.07, 6.45) is 2.43. The molecule has 5 nitrogen and oxygen atoms in total. The second-order valence-electron chi connectivity index (χ2n) is 7.38. The van der Waals surface area contributed by atoms with E-state index in [0.29, 0.717) is 24.5 Å². The number of carbonyl (C=O) groups is 1. The molecule has 5 heteroatoms. The van der Waals surface area contributed by atoms with Crippen molar-refractivity contribution in [2.75, 3.05) is 45.2 Å². The second-order valence-corrected chi connectivity index (χ2v) is 7.38. The molecular weight excluding hydrogens is 350 g/mol. The number of hydrogen-bond donors (Lipinski definition) is 1. The quantitative estimate of drug-likeness (QED) is 0.757. The van der Waals surface area contributed by atoms with Crippen molar-refractivity contribution in [3.05, 3.63) is 59.7 Å². The Hall–Kier alpha value is -2.53. The van der Waals surface area contributed by atoms with Crippen LogP contribution in [0.3, 0.4) is 0 Å². The Labute approximate surface area is 168 Å². The van der Waals surface area contributed by atoms with Gasteiger partial charge in [0.1, 0.15) is 5.75 Å². The second kappa shape index (κ2) is 9.60. The Bertz CT molecular complexity index is 768. The fourth-order valence-corrected chi connectivity index (χ4v) is 3.73. The molecule has 1 aliphatic rings. The first-order valence-electron chi connectivity index (χ1n) is 10.1. The van der Waals surface area contributed by atoms with Crippen molar-refractivity contribution in [3.8, 4) is 5.75 Å². The van der Waals surface area contributed by atoms with Crippen LogP contribution >= 0.6 is 0 Å². The number of hydrogen-bond acceptors (Lipinski definition) is 4. The van der Waals surface area contributed by atoms with E-state index < -0.39 is 0 Å². The van der Waals surface area contributed by atoms with Crippen LogP contribution in [0.2, 0.25) is 0 Å². The van der Waals surface area contributed by atoms with E-state index >= 15 is 0 Å². The number of nitrogens with one attached hydrogen (secondary N) is 1. The number of nitrogens with zero attached hydrogens (tertiary/aromatic N) is 2. The molecule has 2 aromatic rings. The summed E-state index contributed by atoms with van der Waals surface area (Å²) in [5.41, 5.74) is 3.01. The van der Waals surface area contributed by atoms with Gasteiger partial charge < -0.3 is 15.0 Å². The lowest BCUT2D eigenvalue weighted by Gasteiger charge is -2.28. The highest BCUT2D eigenvalue weighted by molar-refractivity contribution is 5.96. The smallest absolute Gasteiger partial charge is 0.255 e. The van der Waals surface area contributed by atoms with E-state index in [1.165, 1.54) is 24.1 Å². The van der Waals surface area contributed by atoms with E-state index in [-0.39, 0.29) is 11.9 Å². The van der Waals surface area contributed by atoms with Gasteiger partial charge in [-0.3, -0.25) is 9.69 Å². The Morgan fingerprint density at radius 1 is 1.11 bits per heavy atom. The minimum atomic E-state index is -0.0850. The first kappa shape index (κ1) is 20.2. The summed E-state index contributed by atoms with van der Waals surface area (Å²) in [7, 11) is 4.09. The van der Waals surface area contributed by atoms with Crippen LogP contribution in [0, 0.1) is 0 Å². The number of anilines is 1. The van der Waals surface area contributed by atoms with Gasteiger partial charge in [0.15, 0.2) is 0 Å². The van der Waals surface area contributed by atoms with E-state index in [9.17, 15) is 4.79 Å². The molecule has 1 amide bonds. The molecular formula is C23H31N3O2. The van der Waals surface area contributed by atoms with Gasteiger partial charge in [-0.25, -0.2) is 0 Å². The zero-order valence-corrected chi connectivity index (χ0v) is 17.1. The third kappa shape index (κ3) is 4.84. The maximum atomic E-state index is 12.8. The molecule has 150 valence electrons. The van der Waals surface area contributed by atoms with Crippen LogP contribution in [0.15, 0.2) is 48.5 Å². The normalized spacial score (nSPS) is 15.2. The maximum absolute atomic E-state index is 12.8. The Kier molecular flexibility index (Phi) is 6.93. The van der Waals surface area contributed by atoms with Crippen LogP contribution in [0.4, 0.5) is 5.69 Å². The average molecular weight is 382 g/mol. The van der Waals surface area contributed by atoms with E-state index in [1.54, 1.807) is 0 Å². The first-order chi connectivity index (χ1) is 13.6. The largest absolute Gasteiger partial charge is 0.493 e. The minimum absolute atomic E-state index is 0.0850. The van der Waals surface area contributed by atoms with Gasteiger partial charge >= 0.3 is 0 Å². The monoisotopic (exact) mass is 381 g/mol. The molecule has 0 radical (unpaired) electrons. The van der Waals surface area contributed by atoms with Crippen LogP contribution in [-0.4, -0.2) is 51.1 Å². The standard InChI is InChI=1S/C23H31N3O2/c1-4-28-22-10-6-5-9-20(22)23(27)24-17-21(26-15-7-8-16-26)18-11-13-19(14-12-18)25(2)3/h5-6,9-14,21H,4,7-8,15-17H2,1-3H3,(H,24,27)/t21-/m0/s1. The summed E-state index contributed by atoms with van der Waals surface area (Å²) < 4.78 is 5.61. The summed E-state index contributed by atoms with van der Waals surface area (Å²) in [4.78, 5) is 17.4. The summed E-state index contributed by atoms with van der Waals surface area (Å²) in [5.74, 6) is 0.550. The van der Waals surface area contributed by atoms with Crippen LogP contribution in [0.5, 0.6) is 5.75 Å². The van der Waals surface area contributed by atoms with Crippen LogP contribution < -0.4 is 15.0 Å². The van der Waals surface area contributed by atoms with Crippen molar-refractivity contribution >= 4 is 11.6 Å². The van der Waals surface area contributed by atoms with Gasteiger partial charge in [-0.2, -0.15) is 0 Å². The Morgan fingerprint density at radius 3 is 2.43 bits per heavy atom. The molecule has 0 aliphatic carbocycles. The van der Waals surface area contributed by atoms with Crippen LogP contribution in [0.25, 0.3) is 0 Å². The number of carbonyl (C=O) groups excluding carboxylic acids is 1. The summed E-state index contributed by atoms with van der Waals surface area (Å²) >= 11 is 0. The fourth-order valence-electron chi connectivity index (χ4n) is 3.73. The topological polar surface area (TPSA) is 44.8 Å². The molecule has 0 spiro atoms. The van der Waals surface area contributed by atoms with Crippen molar-refractivity contribution in [2.45, 2.75) is 25.8 Å². The lowest BCUT2D eigenvalue weighted by molar-refractivity contribution is 0.0934. The Morgan fingerprint density at radius 2 is 1.79 bits per heavy atom. The first-order valence-corrected chi connectivity index (χ1v) is 10.1. The van der Waals surface area contributed by atoms with Crippen molar-refractivity contribution in [1.82, 2.24) is 10.2 Å². The Balaban J connectivity index is 1.74. The fraction of sp³-hybridized carbons (Fsp3) is 0.435. The van der Waals surface area contributed by atoms with Gasteiger partial charge in [0.2, 0.25) is 0 Å². The highest BCUT2D eigenvalue weighted by Gasteiger charge is 2.24. The van der Waals surface area contributed by atoms with E-state index in [4.69, 9.17) is 4.74 Å². The molecule has 2 aromatic carbocycles. The van der Waals surface area contributed by atoms with Crippen molar-refractivity contribution < 1.29 is 9.53 Å². The molecule has 1 atom stereocenters. The predicted octanol–water partition coefficient (Wildman–Crippen LogP) is 3.72. The number of ether oxygens (including phenoxy) is 1. The molecule has 3 rings (SSSR count). The maximum Gasteiger partial charge on any atom is 0.255 e. The van der Waals surface area contributed by atoms with Gasteiger partial charge in [0.25, 0.3) is 5.91 Å². The molecule has 1 N–H and O–H groups in total.